The van der Waals surface area contributed by atoms with Crippen molar-refractivity contribution >= 4 is 5.69 Å². The SMILES string of the molecule is Cc1cc(F)c([C@@](C)(N)C(F)(F)CO)cc1[N+](=O)[O-]. The number of nitro groups is 1. The molecule has 0 unspecified atom stereocenters. The van der Waals surface area contributed by atoms with Crippen molar-refractivity contribution in [2.45, 2.75) is 25.3 Å². The third-order valence-corrected chi connectivity index (χ3v) is 3.00. The number of hydrogen-bond donors (Lipinski definition) is 2. The van der Waals surface area contributed by atoms with Gasteiger partial charge in [-0.1, -0.05) is 0 Å². The van der Waals surface area contributed by atoms with E-state index in [2.05, 4.69) is 0 Å². The third kappa shape index (κ3) is 2.54. The Labute approximate surface area is 107 Å². The monoisotopic (exact) mass is 278 g/mol. The predicted octanol–water partition coefficient (Wildman–Crippen LogP) is 1.84. The van der Waals surface area contributed by atoms with E-state index in [1.165, 1.54) is 6.92 Å². The van der Waals surface area contributed by atoms with Crippen molar-refractivity contribution in [1.82, 2.24) is 0 Å². The first-order valence-corrected chi connectivity index (χ1v) is 5.27. The van der Waals surface area contributed by atoms with Crippen LogP contribution in [0, 0.1) is 22.9 Å². The highest BCUT2D eigenvalue weighted by Gasteiger charge is 2.50. The smallest absolute Gasteiger partial charge is 0.292 e. The molecule has 0 radical (unpaired) electrons. The topological polar surface area (TPSA) is 89.4 Å². The Bertz CT molecular complexity index is 518. The molecule has 0 saturated carbocycles. The van der Waals surface area contributed by atoms with Crippen LogP contribution in [0.15, 0.2) is 12.1 Å². The van der Waals surface area contributed by atoms with Crippen LogP contribution in [0.1, 0.15) is 18.1 Å². The molecule has 0 amide bonds. The molecule has 0 saturated heterocycles. The van der Waals surface area contributed by atoms with Crippen LogP contribution in [0.25, 0.3) is 0 Å². The van der Waals surface area contributed by atoms with E-state index < -0.39 is 40.1 Å². The molecule has 1 atom stereocenters. The number of nitro benzene ring substituents is 1. The second-order valence-electron chi connectivity index (χ2n) is 4.44. The van der Waals surface area contributed by atoms with Gasteiger partial charge >= 0.3 is 0 Å². The molecule has 106 valence electrons. The normalized spacial score (nSPS) is 15.1. The zero-order valence-corrected chi connectivity index (χ0v) is 10.3. The fourth-order valence-electron chi connectivity index (χ4n) is 1.62. The molecule has 0 fully saturated rings. The summed E-state index contributed by atoms with van der Waals surface area (Å²) < 4.78 is 40.8. The molecule has 19 heavy (non-hydrogen) atoms. The number of nitrogens with two attached hydrogens (primary N) is 1. The molecule has 5 nitrogen and oxygen atoms in total. The lowest BCUT2D eigenvalue weighted by molar-refractivity contribution is -0.385. The fourth-order valence-corrected chi connectivity index (χ4v) is 1.62. The summed E-state index contributed by atoms with van der Waals surface area (Å²) in [5, 5.41) is 19.4. The summed E-state index contributed by atoms with van der Waals surface area (Å²) in [7, 11) is 0. The molecule has 8 heteroatoms. The first-order valence-electron chi connectivity index (χ1n) is 5.27. The highest BCUT2D eigenvalue weighted by atomic mass is 19.3. The van der Waals surface area contributed by atoms with Crippen molar-refractivity contribution in [3.63, 3.8) is 0 Å². The number of nitrogens with zero attached hydrogens (tertiary/aromatic N) is 1. The zero-order valence-electron chi connectivity index (χ0n) is 10.3. The Morgan fingerprint density at radius 1 is 1.47 bits per heavy atom. The second kappa shape index (κ2) is 4.78. The lowest BCUT2D eigenvalue weighted by atomic mass is 9.85. The van der Waals surface area contributed by atoms with Gasteiger partial charge in [0.25, 0.3) is 11.6 Å². The van der Waals surface area contributed by atoms with Gasteiger partial charge in [-0.25, -0.2) is 13.2 Å². The van der Waals surface area contributed by atoms with Gasteiger partial charge in [-0.15, -0.1) is 0 Å². The van der Waals surface area contributed by atoms with Crippen molar-refractivity contribution < 1.29 is 23.2 Å². The summed E-state index contributed by atoms with van der Waals surface area (Å²) in [6.07, 6.45) is 0. The maximum Gasteiger partial charge on any atom is 0.292 e. The average molecular weight is 278 g/mol. The molecule has 3 N–H and O–H groups in total. The third-order valence-electron chi connectivity index (χ3n) is 3.00. The zero-order chi connectivity index (χ0) is 15.0. The van der Waals surface area contributed by atoms with Crippen LogP contribution >= 0.6 is 0 Å². The summed E-state index contributed by atoms with van der Waals surface area (Å²) in [5.41, 5.74) is 1.57. The van der Waals surface area contributed by atoms with Crippen molar-refractivity contribution in [2.75, 3.05) is 6.61 Å². The molecular formula is C11H13F3N2O3. The van der Waals surface area contributed by atoms with Crippen LogP contribution in [0.5, 0.6) is 0 Å². The Kier molecular flexibility index (Phi) is 3.87. The number of halogens is 3. The minimum absolute atomic E-state index is 0.00522. The van der Waals surface area contributed by atoms with E-state index in [4.69, 9.17) is 10.8 Å². The molecule has 0 aliphatic heterocycles. The Morgan fingerprint density at radius 2 is 2.00 bits per heavy atom. The quantitative estimate of drug-likeness (QED) is 0.649. The van der Waals surface area contributed by atoms with Crippen molar-refractivity contribution in [1.29, 1.82) is 0 Å². The number of rotatable bonds is 4. The summed E-state index contributed by atoms with van der Waals surface area (Å²) in [6.45, 7) is 0.491. The summed E-state index contributed by atoms with van der Waals surface area (Å²) in [4.78, 5) is 9.92. The van der Waals surface area contributed by atoms with Crippen LogP contribution in [-0.4, -0.2) is 22.6 Å². The average Bonchev–Trinajstić information content (AvgIpc) is 2.27. The molecule has 0 spiro atoms. The van der Waals surface area contributed by atoms with Gasteiger partial charge < -0.3 is 10.8 Å². The highest BCUT2D eigenvalue weighted by molar-refractivity contribution is 5.46. The van der Waals surface area contributed by atoms with Crippen LogP contribution in [0.4, 0.5) is 18.9 Å². The van der Waals surface area contributed by atoms with Gasteiger partial charge in [0.2, 0.25) is 0 Å². The fraction of sp³-hybridized carbons (Fsp3) is 0.455. The summed E-state index contributed by atoms with van der Waals surface area (Å²) in [6, 6.07) is 1.44. The molecule has 0 aliphatic rings. The van der Waals surface area contributed by atoms with E-state index in [-0.39, 0.29) is 5.56 Å². The maximum absolute atomic E-state index is 13.7. The lowest BCUT2D eigenvalue weighted by Gasteiger charge is -2.33. The van der Waals surface area contributed by atoms with Crippen molar-refractivity contribution in [2.24, 2.45) is 5.73 Å². The van der Waals surface area contributed by atoms with Crippen molar-refractivity contribution in [3.05, 3.63) is 39.2 Å². The molecular weight excluding hydrogens is 265 g/mol. The Hall–Kier alpha value is -1.67. The minimum Gasteiger partial charge on any atom is -0.390 e. The second-order valence-corrected chi connectivity index (χ2v) is 4.44. The Balaban J connectivity index is 3.51. The van der Waals surface area contributed by atoms with Crippen LogP contribution in [0.2, 0.25) is 0 Å². The number of aliphatic hydroxyl groups is 1. The van der Waals surface area contributed by atoms with Gasteiger partial charge in [0.15, 0.2) is 0 Å². The molecule has 0 aliphatic carbocycles. The summed E-state index contributed by atoms with van der Waals surface area (Å²) >= 11 is 0. The van der Waals surface area contributed by atoms with E-state index >= 15 is 0 Å². The summed E-state index contributed by atoms with van der Waals surface area (Å²) in [5.74, 6) is -4.90. The molecule has 0 bridgehead atoms. The van der Waals surface area contributed by atoms with E-state index in [9.17, 15) is 23.3 Å². The van der Waals surface area contributed by atoms with E-state index in [1.807, 2.05) is 0 Å². The lowest BCUT2D eigenvalue weighted by Crippen LogP contribution is -2.53. The molecule has 0 heterocycles. The van der Waals surface area contributed by atoms with Gasteiger partial charge in [-0.2, -0.15) is 0 Å². The number of aryl methyl sites for hydroxylation is 1. The Morgan fingerprint density at radius 3 is 2.42 bits per heavy atom. The van der Waals surface area contributed by atoms with Crippen LogP contribution in [-0.2, 0) is 5.54 Å². The van der Waals surface area contributed by atoms with Crippen LogP contribution in [0.3, 0.4) is 0 Å². The van der Waals surface area contributed by atoms with E-state index in [0.717, 1.165) is 13.0 Å². The first-order chi connectivity index (χ1) is 8.54. The molecule has 0 aromatic heterocycles. The van der Waals surface area contributed by atoms with Gasteiger partial charge in [-0.3, -0.25) is 10.1 Å². The maximum atomic E-state index is 13.7. The van der Waals surface area contributed by atoms with E-state index in [1.54, 1.807) is 0 Å². The number of alkyl halides is 2. The predicted molar refractivity (Wildman–Crippen MR) is 61.4 cm³/mol. The van der Waals surface area contributed by atoms with Gasteiger partial charge in [-0.05, 0) is 19.9 Å². The largest absolute Gasteiger partial charge is 0.390 e. The molecule has 1 aromatic rings. The van der Waals surface area contributed by atoms with Crippen molar-refractivity contribution in [3.8, 4) is 0 Å². The van der Waals surface area contributed by atoms with E-state index in [0.29, 0.717) is 6.07 Å². The molecule has 1 rings (SSSR count). The van der Waals surface area contributed by atoms with Gasteiger partial charge in [0.05, 0.1) is 4.92 Å². The molecule has 1 aromatic carbocycles. The number of benzene rings is 1. The number of hydrogen-bond acceptors (Lipinski definition) is 4. The number of aliphatic hydroxyl groups excluding tert-OH is 1. The minimum atomic E-state index is -3.82. The van der Waals surface area contributed by atoms with Gasteiger partial charge in [0.1, 0.15) is 18.0 Å². The van der Waals surface area contributed by atoms with Crippen LogP contribution < -0.4 is 5.73 Å². The first kappa shape index (κ1) is 15.4. The highest BCUT2D eigenvalue weighted by Crippen LogP contribution is 2.38. The standard InChI is InChI=1S/C11H13F3N2O3/c1-6-3-8(12)7(4-9(6)16(18)19)10(2,15)11(13,14)5-17/h3-4,17H,5,15H2,1-2H3/t10-/m1/s1. The van der Waals surface area contributed by atoms with Gasteiger partial charge in [0, 0.05) is 17.2 Å².